The van der Waals surface area contributed by atoms with Crippen molar-refractivity contribution in [2.75, 3.05) is 6.54 Å². The normalized spacial score (nSPS) is 9.08. The molecule has 0 saturated carbocycles. The topological polar surface area (TPSA) is 24.9 Å². The van der Waals surface area contributed by atoms with Crippen LogP contribution in [0.2, 0.25) is 0 Å². The van der Waals surface area contributed by atoms with Crippen LogP contribution in [0.3, 0.4) is 0 Å². The average molecular weight is 238 g/mol. The molecule has 0 aromatic carbocycles. The van der Waals surface area contributed by atoms with Gasteiger partial charge in [-0.15, -0.1) is 0 Å². The van der Waals surface area contributed by atoms with Crippen LogP contribution in [-0.2, 0) is 39.3 Å². The largest absolute Gasteiger partial charge is 3.00 e. The molecule has 3 heteroatoms. The van der Waals surface area contributed by atoms with E-state index in [4.69, 9.17) is 0 Å². The predicted octanol–water partition coefficient (Wildman–Crippen LogP) is 1.39. The minimum atomic E-state index is 0. The smallest absolute Gasteiger partial charge is 0.342 e. The van der Waals surface area contributed by atoms with Crippen LogP contribution in [0.5, 0.6) is 0 Å². The Balaban J connectivity index is 0.00000121. The van der Waals surface area contributed by atoms with Gasteiger partial charge in [-0.3, -0.25) is 4.98 Å². The molecule has 1 N–H and O–H groups in total. The molecule has 60 valence electrons. The fourth-order valence-corrected chi connectivity index (χ4v) is 0.860. The van der Waals surface area contributed by atoms with Crippen LogP contribution in [0.1, 0.15) is 12.0 Å². The fraction of sp³-hybridized carbons (Fsp3) is 0.333. The van der Waals surface area contributed by atoms with E-state index in [0.717, 1.165) is 19.5 Å². The molecule has 0 radical (unpaired) electrons. The maximum absolute atomic E-state index is 4.01. The zero-order valence-corrected chi connectivity index (χ0v) is 10.0. The molecular weight excluding hydrogens is 225 g/mol. The van der Waals surface area contributed by atoms with Crippen LogP contribution < -0.4 is 5.32 Å². The summed E-state index contributed by atoms with van der Waals surface area (Å²) in [5.41, 5.74) is 1.22. The molecule has 0 aliphatic carbocycles. The van der Waals surface area contributed by atoms with Crippen LogP contribution in [0.25, 0.3) is 0 Å². The van der Waals surface area contributed by atoms with Crippen LogP contribution in [0, 0.1) is 6.92 Å². The van der Waals surface area contributed by atoms with E-state index in [1.54, 1.807) is 6.20 Å². The van der Waals surface area contributed by atoms with E-state index in [-0.39, 0.29) is 32.7 Å². The van der Waals surface area contributed by atoms with Crippen molar-refractivity contribution in [3.63, 3.8) is 0 Å². The van der Waals surface area contributed by atoms with Gasteiger partial charge in [0.2, 0.25) is 0 Å². The zero-order valence-electron chi connectivity index (χ0n) is 7.16. The summed E-state index contributed by atoms with van der Waals surface area (Å²) in [6, 6.07) is 4.00. The fourth-order valence-electron chi connectivity index (χ4n) is 0.860. The van der Waals surface area contributed by atoms with Gasteiger partial charge in [-0.2, -0.15) is 6.42 Å². The molecule has 0 aliphatic rings. The summed E-state index contributed by atoms with van der Waals surface area (Å²) in [5, 5.41) is 3.25. The van der Waals surface area contributed by atoms with E-state index < -0.39 is 0 Å². The minimum absolute atomic E-state index is 0. The Bertz CT molecular complexity index is 189. The maximum Gasteiger partial charge on any atom is 3.00 e. The van der Waals surface area contributed by atoms with Crippen molar-refractivity contribution in [3.05, 3.63) is 37.0 Å². The number of hydrogen-bond acceptors (Lipinski definition) is 2. The molecule has 0 saturated heterocycles. The van der Waals surface area contributed by atoms with Gasteiger partial charge < -0.3 is 12.2 Å². The Morgan fingerprint density at radius 2 is 2.33 bits per heavy atom. The molecule has 1 rings (SSSR count). The number of nitrogens with zero attached hydrogens (tertiary/aromatic N) is 1. The van der Waals surface area contributed by atoms with Gasteiger partial charge in [0.1, 0.15) is 0 Å². The SMILES string of the molecule is [CH2-]CCNCc1cccnc1.[Y+3]. The standard InChI is InChI=1S/C9H13N2.Y/c1-2-5-10-7-9-4-3-6-11-8-9;/h3-4,6,8,10H,1-2,5,7H2;/q-1;+3. The number of pyridine rings is 1. The van der Waals surface area contributed by atoms with Gasteiger partial charge in [0.25, 0.3) is 0 Å². The average Bonchev–Trinajstić information content (AvgIpc) is 2.07. The van der Waals surface area contributed by atoms with Crippen LogP contribution in [-0.4, -0.2) is 11.5 Å². The Morgan fingerprint density at radius 3 is 2.92 bits per heavy atom. The van der Waals surface area contributed by atoms with Gasteiger partial charge >= 0.3 is 32.7 Å². The first-order valence-electron chi connectivity index (χ1n) is 3.82. The summed E-state index contributed by atoms with van der Waals surface area (Å²) in [4.78, 5) is 4.01. The van der Waals surface area contributed by atoms with Crippen molar-refractivity contribution < 1.29 is 32.7 Å². The third-order valence-electron chi connectivity index (χ3n) is 1.41. The third-order valence-corrected chi connectivity index (χ3v) is 1.41. The molecule has 0 unspecified atom stereocenters. The molecule has 1 aromatic rings. The molecule has 1 aromatic heterocycles. The van der Waals surface area contributed by atoms with E-state index in [1.807, 2.05) is 12.3 Å². The van der Waals surface area contributed by atoms with Gasteiger partial charge in [-0.05, 0) is 18.2 Å². The second-order valence-electron chi connectivity index (χ2n) is 2.39. The van der Waals surface area contributed by atoms with Crippen molar-refractivity contribution in [1.29, 1.82) is 0 Å². The zero-order chi connectivity index (χ0) is 7.94. The summed E-state index contributed by atoms with van der Waals surface area (Å²) in [6.07, 6.45) is 4.58. The third kappa shape index (κ3) is 4.97. The molecule has 0 amide bonds. The Kier molecular flexibility index (Phi) is 7.98. The van der Waals surface area contributed by atoms with Gasteiger partial charge in [0.05, 0.1) is 0 Å². The van der Waals surface area contributed by atoms with Gasteiger partial charge in [0.15, 0.2) is 0 Å². The summed E-state index contributed by atoms with van der Waals surface area (Å²) < 4.78 is 0. The molecular formula is C9H13N2Y+2. The van der Waals surface area contributed by atoms with Crippen LogP contribution in [0.15, 0.2) is 24.5 Å². The molecule has 12 heavy (non-hydrogen) atoms. The van der Waals surface area contributed by atoms with Crippen LogP contribution >= 0.6 is 0 Å². The molecule has 0 atom stereocenters. The number of hydrogen-bond donors (Lipinski definition) is 1. The molecule has 0 fully saturated rings. The number of rotatable bonds is 4. The van der Waals surface area contributed by atoms with E-state index >= 15 is 0 Å². The van der Waals surface area contributed by atoms with Crippen molar-refractivity contribution in [1.82, 2.24) is 10.3 Å². The minimum Gasteiger partial charge on any atom is -0.342 e. The molecule has 1 heterocycles. The van der Waals surface area contributed by atoms with Gasteiger partial charge in [0, 0.05) is 18.9 Å². The maximum atomic E-state index is 4.01. The Morgan fingerprint density at radius 1 is 1.50 bits per heavy atom. The van der Waals surface area contributed by atoms with E-state index in [2.05, 4.69) is 23.3 Å². The summed E-state index contributed by atoms with van der Waals surface area (Å²) >= 11 is 0. The van der Waals surface area contributed by atoms with E-state index in [0.29, 0.717) is 0 Å². The summed E-state index contributed by atoms with van der Waals surface area (Å²) in [6.45, 7) is 5.60. The molecule has 0 aliphatic heterocycles. The van der Waals surface area contributed by atoms with Gasteiger partial charge in [-0.1, -0.05) is 6.07 Å². The van der Waals surface area contributed by atoms with Crippen LogP contribution in [0.4, 0.5) is 0 Å². The first-order chi connectivity index (χ1) is 5.43. The van der Waals surface area contributed by atoms with E-state index in [1.165, 1.54) is 5.56 Å². The first-order valence-corrected chi connectivity index (χ1v) is 3.82. The van der Waals surface area contributed by atoms with Crippen molar-refractivity contribution in [2.24, 2.45) is 0 Å². The van der Waals surface area contributed by atoms with Crippen molar-refractivity contribution in [3.8, 4) is 0 Å². The number of aromatic nitrogens is 1. The Labute approximate surface area is 99.0 Å². The molecule has 0 spiro atoms. The second-order valence-corrected chi connectivity index (χ2v) is 2.39. The second kappa shape index (κ2) is 7.84. The van der Waals surface area contributed by atoms with Crippen molar-refractivity contribution >= 4 is 0 Å². The van der Waals surface area contributed by atoms with Gasteiger partial charge in [-0.25, -0.2) is 0 Å². The monoisotopic (exact) mass is 238 g/mol. The molecule has 2 nitrogen and oxygen atoms in total. The number of nitrogens with one attached hydrogen (secondary N) is 1. The van der Waals surface area contributed by atoms with E-state index in [9.17, 15) is 0 Å². The molecule has 0 bridgehead atoms. The summed E-state index contributed by atoms with van der Waals surface area (Å²) in [5.74, 6) is 0. The van der Waals surface area contributed by atoms with Crippen molar-refractivity contribution in [2.45, 2.75) is 13.0 Å². The quantitative estimate of drug-likeness (QED) is 0.633. The Hall–Kier alpha value is 0.214. The summed E-state index contributed by atoms with van der Waals surface area (Å²) in [7, 11) is 0. The first kappa shape index (κ1) is 12.2. The predicted molar refractivity (Wildman–Crippen MR) is 45.9 cm³/mol.